The lowest BCUT2D eigenvalue weighted by Crippen LogP contribution is -2.39. The van der Waals surface area contributed by atoms with Crippen LogP contribution in [0.15, 0.2) is 77.7 Å². The van der Waals surface area contributed by atoms with Gasteiger partial charge in [0.2, 0.25) is 10.0 Å². The van der Waals surface area contributed by atoms with Crippen LogP contribution in [0.2, 0.25) is 0 Å². The normalized spacial score (nSPS) is 16.3. The van der Waals surface area contributed by atoms with Gasteiger partial charge in [0, 0.05) is 18.5 Å². The number of fused-ring (bicyclic) bond motifs is 1. The topological polar surface area (TPSA) is 49.4 Å². The van der Waals surface area contributed by atoms with Gasteiger partial charge in [0.05, 0.1) is 4.90 Å². The monoisotopic (exact) mass is 408 g/mol. The van der Waals surface area contributed by atoms with E-state index in [4.69, 9.17) is 0 Å². The van der Waals surface area contributed by atoms with E-state index in [1.54, 1.807) is 12.1 Å². The van der Waals surface area contributed by atoms with Crippen molar-refractivity contribution in [2.75, 3.05) is 26.2 Å². The molecule has 0 bridgehead atoms. The van der Waals surface area contributed by atoms with Crippen molar-refractivity contribution >= 4 is 20.8 Å². The summed E-state index contributed by atoms with van der Waals surface area (Å²) < 4.78 is 28.4. The summed E-state index contributed by atoms with van der Waals surface area (Å²) in [6.45, 7) is 3.26. The van der Waals surface area contributed by atoms with Crippen LogP contribution in [0, 0.1) is 5.92 Å². The van der Waals surface area contributed by atoms with E-state index in [0.717, 1.165) is 42.7 Å². The van der Waals surface area contributed by atoms with Crippen molar-refractivity contribution in [1.82, 2.24) is 9.62 Å². The third kappa shape index (κ3) is 5.04. The molecule has 0 saturated carbocycles. The molecule has 0 spiro atoms. The molecule has 1 aliphatic heterocycles. The van der Waals surface area contributed by atoms with Crippen molar-refractivity contribution in [2.24, 2.45) is 5.92 Å². The van der Waals surface area contributed by atoms with Crippen molar-refractivity contribution in [1.29, 1.82) is 0 Å². The molecule has 0 aliphatic carbocycles. The number of nitrogens with one attached hydrogen (secondary N) is 1. The highest BCUT2D eigenvalue weighted by molar-refractivity contribution is 7.89. The molecule has 0 aromatic heterocycles. The molecule has 0 amide bonds. The van der Waals surface area contributed by atoms with E-state index in [1.165, 1.54) is 18.4 Å². The van der Waals surface area contributed by atoms with Gasteiger partial charge in [-0.05, 0) is 55.3 Å². The van der Waals surface area contributed by atoms with Gasteiger partial charge in [0.1, 0.15) is 0 Å². The number of benzene rings is 3. The predicted octanol–water partition coefficient (Wildman–Crippen LogP) is 4.07. The molecular formula is C24H28N2O2S. The molecule has 0 atom stereocenters. The highest BCUT2D eigenvalue weighted by Crippen LogP contribution is 2.23. The van der Waals surface area contributed by atoms with Gasteiger partial charge in [-0.15, -0.1) is 0 Å². The molecular weight excluding hydrogens is 380 g/mol. The van der Waals surface area contributed by atoms with Gasteiger partial charge in [-0.25, -0.2) is 13.1 Å². The lowest BCUT2D eigenvalue weighted by atomic mass is 9.90. The van der Waals surface area contributed by atoms with Crippen molar-refractivity contribution in [3.8, 4) is 0 Å². The summed E-state index contributed by atoms with van der Waals surface area (Å²) >= 11 is 0. The highest BCUT2D eigenvalue weighted by Gasteiger charge is 2.21. The Bertz CT molecular complexity index is 1040. The van der Waals surface area contributed by atoms with E-state index in [9.17, 15) is 8.42 Å². The molecule has 29 heavy (non-hydrogen) atoms. The van der Waals surface area contributed by atoms with Crippen LogP contribution in [0.25, 0.3) is 10.8 Å². The number of piperidine rings is 1. The number of likely N-dealkylation sites (tertiary alicyclic amines) is 1. The smallest absolute Gasteiger partial charge is 0.241 e. The first-order valence-corrected chi connectivity index (χ1v) is 11.8. The van der Waals surface area contributed by atoms with E-state index in [1.807, 2.05) is 30.3 Å². The summed E-state index contributed by atoms with van der Waals surface area (Å²) in [7, 11) is -3.52. The van der Waals surface area contributed by atoms with E-state index in [-0.39, 0.29) is 0 Å². The number of sulfonamides is 1. The third-order valence-electron chi connectivity index (χ3n) is 5.83. The lowest BCUT2D eigenvalue weighted by Gasteiger charge is -2.32. The predicted molar refractivity (Wildman–Crippen MR) is 118 cm³/mol. The fraction of sp³-hybridized carbons (Fsp3) is 0.333. The Balaban J connectivity index is 1.28. The maximum Gasteiger partial charge on any atom is 0.241 e. The Hall–Kier alpha value is -2.21. The maximum absolute atomic E-state index is 12.8. The Labute approximate surface area is 173 Å². The van der Waals surface area contributed by atoms with Crippen LogP contribution in [0.1, 0.15) is 18.4 Å². The Morgan fingerprint density at radius 3 is 2.34 bits per heavy atom. The van der Waals surface area contributed by atoms with Crippen LogP contribution in [-0.4, -0.2) is 39.5 Å². The molecule has 4 rings (SSSR count). The van der Waals surface area contributed by atoms with Crippen LogP contribution >= 0.6 is 0 Å². The molecule has 1 fully saturated rings. The van der Waals surface area contributed by atoms with Gasteiger partial charge < -0.3 is 4.90 Å². The average molecular weight is 409 g/mol. The van der Waals surface area contributed by atoms with Crippen molar-refractivity contribution < 1.29 is 8.42 Å². The third-order valence-corrected chi connectivity index (χ3v) is 7.35. The number of rotatable bonds is 7. The van der Waals surface area contributed by atoms with Crippen molar-refractivity contribution in [3.05, 3.63) is 78.4 Å². The molecule has 1 N–H and O–H groups in total. The van der Waals surface area contributed by atoms with Crippen LogP contribution < -0.4 is 4.72 Å². The maximum atomic E-state index is 12.8. The second kappa shape index (κ2) is 9.08. The molecule has 4 nitrogen and oxygen atoms in total. The first kappa shape index (κ1) is 20.1. The number of nitrogens with zero attached hydrogens (tertiary/aromatic N) is 1. The molecule has 1 aliphatic rings. The summed E-state index contributed by atoms with van der Waals surface area (Å²) in [5, 5.41) is 1.71. The van der Waals surface area contributed by atoms with Gasteiger partial charge in [0.25, 0.3) is 0 Å². The van der Waals surface area contributed by atoms with Gasteiger partial charge in [-0.3, -0.25) is 0 Å². The van der Waals surface area contributed by atoms with E-state index in [0.29, 0.717) is 11.4 Å². The summed E-state index contributed by atoms with van der Waals surface area (Å²) in [4.78, 5) is 2.73. The van der Waals surface area contributed by atoms with E-state index >= 15 is 0 Å². The molecule has 0 radical (unpaired) electrons. The van der Waals surface area contributed by atoms with Gasteiger partial charge in [-0.1, -0.05) is 66.7 Å². The molecule has 0 unspecified atom stereocenters. The van der Waals surface area contributed by atoms with Crippen LogP contribution in [0.5, 0.6) is 0 Å². The fourth-order valence-electron chi connectivity index (χ4n) is 4.21. The molecule has 3 aromatic carbocycles. The molecule has 152 valence electrons. The zero-order valence-electron chi connectivity index (χ0n) is 16.6. The standard InChI is InChI=1S/C24H28N2O2S/c27-29(28,24-12-6-10-22-9-4-5-11-23(22)24)25-15-18-26-16-13-21(14-17-26)19-20-7-2-1-3-8-20/h1-12,21,25H,13-19H2. The number of hydrogen-bond acceptors (Lipinski definition) is 3. The SMILES string of the molecule is O=S(=O)(NCCN1CCC(Cc2ccccc2)CC1)c1cccc2ccccc12. The Morgan fingerprint density at radius 2 is 1.55 bits per heavy atom. The zero-order chi connectivity index (χ0) is 20.1. The first-order chi connectivity index (χ1) is 14.1. The van der Waals surface area contributed by atoms with Gasteiger partial charge in [-0.2, -0.15) is 0 Å². The summed E-state index contributed by atoms with van der Waals surface area (Å²) in [6, 6.07) is 23.7. The number of hydrogen-bond donors (Lipinski definition) is 1. The van der Waals surface area contributed by atoms with E-state index in [2.05, 4.69) is 40.0 Å². The Morgan fingerprint density at radius 1 is 0.862 bits per heavy atom. The van der Waals surface area contributed by atoms with Crippen molar-refractivity contribution in [3.63, 3.8) is 0 Å². The lowest BCUT2D eigenvalue weighted by molar-refractivity contribution is 0.187. The van der Waals surface area contributed by atoms with Crippen molar-refractivity contribution in [2.45, 2.75) is 24.2 Å². The van der Waals surface area contributed by atoms with Gasteiger partial charge in [0.15, 0.2) is 0 Å². The fourth-order valence-corrected chi connectivity index (χ4v) is 5.46. The second-order valence-electron chi connectivity index (χ2n) is 7.85. The largest absolute Gasteiger partial charge is 0.302 e. The Kier molecular flexibility index (Phi) is 6.28. The molecule has 5 heteroatoms. The minimum Gasteiger partial charge on any atom is -0.302 e. The minimum absolute atomic E-state index is 0.358. The van der Waals surface area contributed by atoms with Gasteiger partial charge >= 0.3 is 0 Å². The molecule has 1 heterocycles. The first-order valence-electron chi connectivity index (χ1n) is 10.4. The average Bonchev–Trinajstić information content (AvgIpc) is 2.75. The zero-order valence-corrected chi connectivity index (χ0v) is 17.4. The van der Waals surface area contributed by atoms with Crippen LogP contribution in [-0.2, 0) is 16.4 Å². The second-order valence-corrected chi connectivity index (χ2v) is 9.59. The van der Waals surface area contributed by atoms with E-state index < -0.39 is 10.0 Å². The van der Waals surface area contributed by atoms with Crippen LogP contribution in [0.4, 0.5) is 0 Å². The quantitative estimate of drug-likeness (QED) is 0.641. The molecule has 1 saturated heterocycles. The summed E-state index contributed by atoms with van der Waals surface area (Å²) in [5.74, 6) is 0.723. The highest BCUT2D eigenvalue weighted by atomic mass is 32.2. The summed E-state index contributed by atoms with van der Waals surface area (Å²) in [5.41, 5.74) is 1.41. The molecule has 3 aromatic rings. The minimum atomic E-state index is -3.52. The van der Waals surface area contributed by atoms with Crippen LogP contribution in [0.3, 0.4) is 0 Å². The summed E-state index contributed by atoms with van der Waals surface area (Å²) in [6.07, 6.45) is 3.48.